The molecule has 5 heteroatoms. The van der Waals surface area contributed by atoms with Crippen molar-refractivity contribution in [1.82, 2.24) is 10.3 Å². The molecule has 0 aliphatic carbocycles. The Morgan fingerprint density at radius 1 is 1.26 bits per heavy atom. The van der Waals surface area contributed by atoms with Crippen molar-refractivity contribution in [2.24, 2.45) is 0 Å². The first-order chi connectivity index (χ1) is 9.17. The van der Waals surface area contributed by atoms with Gasteiger partial charge in [-0.05, 0) is 37.4 Å². The van der Waals surface area contributed by atoms with E-state index in [1.807, 2.05) is 25.2 Å². The topological polar surface area (TPSA) is 34.1 Å². The monoisotopic (exact) mass is 296 g/mol. The van der Waals surface area contributed by atoms with Crippen molar-refractivity contribution >= 4 is 23.2 Å². The fraction of sp³-hybridized carbons (Fsp3) is 0.214. The summed E-state index contributed by atoms with van der Waals surface area (Å²) in [4.78, 5) is 4.34. The van der Waals surface area contributed by atoms with Crippen molar-refractivity contribution in [2.75, 3.05) is 14.2 Å². The Balaban J connectivity index is 2.54. The zero-order valence-corrected chi connectivity index (χ0v) is 12.2. The highest BCUT2D eigenvalue weighted by Crippen LogP contribution is 2.33. The molecule has 0 fully saturated rings. The number of methoxy groups -OCH3 is 1. The summed E-state index contributed by atoms with van der Waals surface area (Å²) < 4.78 is 5.37. The summed E-state index contributed by atoms with van der Waals surface area (Å²) in [5, 5.41) is 4.43. The summed E-state index contributed by atoms with van der Waals surface area (Å²) in [7, 11) is 3.47. The van der Waals surface area contributed by atoms with Gasteiger partial charge in [0.1, 0.15) is 5.75 Å². The van der Waals surface area contributed by atoms with Crippen molar-refractivity contribution in [3.8, 4) is 5.75 Å². The molecule has 100 valence electrons. The van der Waals surface area contributed by atoms with Crippen LogP contribution in [-0.2, 0) is 0 Å². The lowest BCUT2D eigenvalue weighted by Crippen LogP contribution is -2.20. The van der Waals surface area contributed by atoms with Gasteiger partial charge in [0.05, 0.1) is 23.9 Å². The quantitative estimate of drug-likeness (QED) is 0.934. The van der Waals surface area contributed by atoms with Gasteiger partial charge in [0.15, 0.2) is 0 Å². The molecule has 3 nitrogen and oxygen atoms in total. The van der Waals surface area contributed by atoms with Crippen molar-refractivity contribution in [3.63, 3.8) is 0 Å². The van der Waals surface area contributed by atoms with Gasteiger partial charge in [-0.1, -0.05) is 23.2 Å². The fourth-order valence-corrected chi connectivity index (χ4v) is 2.39. The molecule has 2 aromatic rings. The van der Waals surface area contributed by atoms with Crippen LogP contribution in [0.3, 0.4) is 0 Å². The van der Waals surface area contributed by atoms with Gasteiger partial charge in [-0.2, -0.15) is 0 Å². The molecule has 1 atom stereocenters. The molecule has 0 spiro atoms. The van der Waals surface area contributed by atoms with E-state index in [-0.39, 0.29) is 6.04 Å². The van der Waals surface area contributed by atoms with Crippen LogP contribution in [0.25, 0.3) is 0 Å². The third-order valence-electron chi connectivity index (χ3n) is 2.85. The van der Waals surface area contributed by atoms with Crippen molar-refractivity contribution in [1.29, 1.82) is 0 Å². The highest BCUT2D eigenvalue weighted by Gasteiger charge is 2.20. The van der Waals surface area contributed by atoms with Crippen LogP contribution in [0.15, 0.2) is 36.5 Å². The van der Waals surface area contributed by atoms with Crippen LogP contribution >= 0.6 is 23.2 Å². The fourth-order valence-electron chi connectivity index (χ4n) is 1.98. The molecule has 1 aromatic carbocycles. The van der Waals surface area contributed by atoms with Gasteiger partial charge in [-0.3, -0.25) is 4.98 Å². The van der Waals surface area contributed by atoms with E-state index in [2.05, 4.69) is 10.3 Å². The van der Waals surface area contributed by atoms with Gasteiger partial charge in [-0.25, -0.2) is 0 Å². The van der Waals surface area contributed by atoms with E-state index in [0.29, 0.717) is 10.0 Å². The number of nitrogens with one attached hydrogen (secondary N) is 1. The Morgan fingerprint density at radius 2 is 2.05 bits per heavy atom. The maximum absolute atomic E-state index is 6.21. The van der Waals surface area contributed by atoms with E-state index in [0.717, 1.165) is 17.0 Å². The number of hydrogen-bond acceptors (Lipinski definition) is 3. The zero-order valence-electron chi connectivity index (χ0n) is 10.7. The summed E-state index contributed by atoms with van der Waals surface area (Å²) in [5.74, 6) is 0.741. The van der Waals surface area contributed by atoms with E-state index in [1.165, 1.54) is 0 Å². The van der Waals surface area contributed by atoms with E-state index in [4.69, 9.17) is 27.9 Å². The van der Waals surface area contributed by atoms with Gasteiger partial charge in [0.25, 0.3) is 0 Å². The standard InChI is InChI=1S/C14H14Cl2N2O/c1-17-13(14-11(16)4-3-7-18-14)10-8-9(15)5-6-12(10)19-2/h3-8,13,17H,1-2H3. The number of ether oxygens (including phenoxy) is 1. The second-order valence-corrected chi connectivity index (χ2v) is 4.82. The van der Waals surface area contributed by atoms with Crippen LogP contribution in [0.5, 0.6) is 5.75 Å². The molecule has 0 aliphatic heterocycles. The van der Waals surface area contributed by atoms with Crippen LogP contribution in [0.2, 0.25) is 10.0 Å². The van der Waals surface area contributed by atoms with E-state index in [1.54, 1.807) is 25.4 Å². The SMILES string of the molecule is CNC(c1cc(Cl)ccc1OC)c1ncccc1Cl. The molecule has 1 N–H and O–H groups in total. The molecule has 1 aromatic heterocycles. The average molecular weight is 297 g/mol. The number of hydrogen-bond donors (Lipinski definition) is 1. The van der Waals surface area contributed by atoms with Gasteiger partial charge in [0, 0.05) is 16.8 Å². The molecule has 0 aliphatic rings. The summed E-state index contributed by atoms with van der Waals surface area (Å²) in [6.45, 7) is 0. The Morgan fingerprint density at radius 3 is 2.68 bits per heavy atom. The number of nitrogens with zero attached hydrogens (tertiary/aromatic N) is 1. The molecule has 0 saturated carbocycles. The van der Waals surface area contributed by atoms with Gasteiger partial charge in [-0.15, -0.1) is 0 Å². The highest BCUT2D eigenvalue weighted by atomic mass is 35.5. The van der Waals surface area contributed by atoms with E-state index in [9.17, 15) is 0 Å². The molecule has 0 amide bonds. The van der Waals surface area contributed by atoms with Crippen molar-refractivity contribution in [3.05, 3.63) is 57.8 Å². The predicted molar refractivity (Wildman–Crippen MR) is 78.2 cm³/mol. The maximum Gasteiger partial charge on any atom is 0.124 e. The molecular formula is C14H14Cl2N2O. The van der Waals surface area contributed by atoms with E-state index >= 15 is 0 Å². The van der Waals surface area contributed by atoms with Crippen LogP contribution in [0.4, 0.5) is 0 Å². The minimum atomic E-state index is -0.178. The number of pyridine rings is 1. The largest absolute Gasteiger partial charge is 0.496 e. The summed E-state index contributed by atoms with van der Waals surface area (Å²) in [6, 6.07) is 8.91. The molecular weight excluding hydrogens is 283 g/mol. The number of rotatable bonds is 4. The first-order valence-corrected chi connectivity index (χ1v) is 6.54. The summed E-state index contributed by atoms with van der Waals surface area (Å²) >= 11 is 12.3. The number of halogens is 2. The van der Waals surface area contributed by atoms with E-state index < -0.39 is 0 Å². The summed E-state index contributed by atoms with van der Waals surface area (Å²) in [6.07, 6.45) is 1.71. The Kier molecular flexibility index (Phi) is 4.64. The maximum atomic E-state index is 6.21. The highest BCUT2D eigenvalue weighted by molar-refractivity contribution is 6.31. The van der Waals surface area contributed by atoms with Gasteiger partial charge < -0.3 is 10.1 Å². The smallest absolute Gasteiger partial charge is 0.124 e. The lowest BCUT2D eigenvalue weighted by Gasteiger charge is -2.20. The molecule has 0 radical (unpaired) electrons. The molecule has 1 unspecified atom stereocenters. The number of benzene rings is 1. The van der Waals surface area contributed by atoms with Crippen molar-refractivity contribution < 1.29 is 4.74 Å². The zero-order chi connectivity index (χ0) is 13.8. The van der Waals surface area contributed by atoms with Crippen LogP contribution < -0.4 is 10.1 Å². The second-order valence-electron chi connectivity index (χ2n) is 3.98. The molecule has 0 bridgehead atoms. The van der Waals surface area contributed by atoms with Crippen molar-refractivity contribution in [2.45, 2.75) is 6.04 Å². The predicted octanol–water partition coefficient (Wildman–Crippen LogP) is 3.71. The third-order valence-corrected chi connectivity index (χ3v) is 3.41. The molecule has 1 heterocycles. The van der Waals surface area contributed by atoms with Crippen LogP contribution in [0, 0.1) is 0 Å². The lowest BCUT2D eigenvalue weighted by molar-refractivity contribution is 0.405. The molecule has 2 rings (SSSR count). The van der Waals surface area contributed by atoms with Crippen LogP contribution in [-0.4, -0.2) is 19.1 Å². The normalized spacial score (nSPS) is 12.2. The third kappa shape index (κ3) is 3.00. The molecule has 19 heavy (non-hydrogen) atoms. The second kappa shape index (κ2) is 6.24. The first kappa shape index (κ1) is 14.1. The minimum Gasteiger partial charge on any atom is -0.496 e. The average Bonchev–Trinajstić information content (AvgIpc) is 2.42. The minimum absolute atomic E-state index is 0.178. The molecule has 0 saturated heterocycles. The first-order valence-electron chi connectivity index (χ1n) is 5.78. The lowest BCUT2D eigenvalue weighted by atomic mass is 10.0. The number of aromatic nitrogens is 1. The summed E-state index contributed by atoms with van der Waals surface area (Å²) in [5.41, 5.74) is 1.64. The Hall–Kier alpha value is -1.29. The van der Waals surface area contributed by atoms with Crippen LogP contribution in [0.1, 0.15) is 17.3 Å². The Labute approximate surface area is 122 Å². The Bertz CT molecular complexity index is 575. The van der Waals surface area contributed by atoms with Gasteiger partial charge >= 0.3 is 0 Å². The van der Waals surface area contributed by atoms with Gasteiger partial charge in [0.2, 0.25) is 0 Å².